The van der Waals surface area contributed by atoms with Crippen molar-refractivity contribution in [2.24, 2.45) is 13.0 Å². The van der Waals surface area contributed by atoms with Crippen LogP contribution in [0, 0.1) is 12.8 Å². The van der Waals surface area contributed by atoms with E-state index in [1.54, 1.807) is 0 Å². The van der Waals surface area contributed by atoms with E-state index in [2.05, 4.69) is 59.6 Å². The maximum atomic E-state index is 13.4. The zero-order valence-electron chi connectivity index (χ0n) is 22.0. The fourth-order valence-corrected chi connectivity index (χ4v) is 5.43. The van der Waals surface area contributed by atoms with Crippen molar-refractivity contribution in [1.29, 1.82) is 0 Å². The molecule has 9 heteroatoms. The molecule has 190 valence electrons. The highest BCUT2D eigenvalue weighted by molar-refractivity contribution is 6.07. The fraction of sp³-hybridized carbons (Fsp3) is 0.556. The van der Waals surface area contributed by atoms with Gasteiger partial charge in [0.05, 0.1) is 18.3 Å². The lowest BCUT2D eigenvalue weighted by atomic mass is 10.2. The summed E-state index contributed by atoms with van der Waals surface area (Å²) in [5.41, 5.74) is 4.83. The first-order chi connectivity index (χ1) is 17.3. The smallest absolute Gasteiger partial charge is 0.229 e. The molecular weight excluding hydrogens is 452 g/mol. The molecule has 0 saturated heterocycles. The highest BCUT2D eigenvalue weighted by atomic mass is 16.2. The van der Waals surface area contributed by atoms with Gasteiger partial charge in [-0.15, -0.1) is 0 Å². The van der Waals surface area contributed by atoms with Crippen LogP contribution < -0.4 is 5.32 Å². The van der Waals surface area contributed by atoms with Crippen molar-refractivity contribution in [3.05, 3.63) is 29.8 Å². The Hall–Kier alpha value is -3.36. The third-order valence-electron chi connectivity index (χ3n) is 7.37. The number of nitrogens with one attached hydrogen (secondary N) is 1. The van der Waals surface area contributed by atoms with Gasteiger partial charge in [-0.1, -0.05) is 13.8 Å². The summed E-state index contributed by atoms with van der Waals surface area (Å²) >= 11 is 0. The maximum Gasteiger partial charge on any atom is 0.229 e. The van der Waals surface area contributed by atoms with E-state index in [0.717, 1.165) is 78.0 Å². The van der Waals surface area contributed by atoms with Gasteiger partial charge >= 0.3 is 0 Å². The van der Waals surface area contributed by atoms with Crippen molar-refractivity contribution >= 4 is 39.6 Å². The van der Waals surface area contributed by atoms with Crippen LogP contribution in [0.2, 0.25) is 0 Å². The van der Waals surface area contributed by atoms with Crippen molar-refractivity contribution in [3.63, 3.8) is 0 Å². The average Bonchev–Trinajstić information content (AvgIpc) is 3.74. The third-order valence-corrected chi connectivity index (χ3v) is 7.37. The van der Waals surface area contributed by atoms with E-state index >= 15 is 0 Å². The van der Waals surface area contributed by atoms with Crippen LogP contribution in [0.3, 0.4) is 0 Å². The van der Waals surface area contributed by atoms with Gasteiger partial charge in [0, 0.05) is 55.1 Å². The summed E-state index contributed by atoms with van der Waals surface area (Å²) in [4.78, 5) is 25.3. The number of rotatable bonds is 9. The molecule has 2 fully saturated rings. The average molecular weight is 489 g/mol. The Morgan fingerprint density at radius 3 is 2.56 bits per heavy atom. The molecule has 0 spiro atoms. The first-order valence-corrected chi connectivity index (χ1v) is 13.3. The van der Waals surface area contributed by atoms with Gasteiger partial charge in [0.1, 0.15) is 11.2 Å². The van der Waals surface area contributed by atoms with Crippen molar-refractivity contribution in [2.75, 3.05) is 5.32 Å². The number of imidazole rings is 1. The van der Waals surface area contributed by atoms with E-state index in [1.165, 1.54) is 0 Å². The predicted molar refractivity (Wildman–Crippen MR) is 141 cm³/mol. The fourth-order valence-electron chi connectivity index (χ4n) is 5.43. The van der Waals surface area contributed by atoms with Gasteiger partial charge < -0.3 is 19.4 Å². The van der Waals surface area contributed by atoms with E-state index in [0.29, 0.717) is 30.2 Å². The molecule has 2 aliphatic carbocycles. The van der Waals surface area contributed by atoms with Crippen molar-refractivity contribution in [2.45, 2.75) is 85.0 Å². The summed E-state index contributed by atoms with van der Waals surface area (Å²) in [5, 5.41) is 9.24. The number of hydrogen-bond donors (Lipinski definition) is 1. The van der Waals surface area contributed by atoms with Crippen LogP contribution in [0.25, 0.3) is 22.1 Å². The van der Waals surface area contributed by atoms with Crippen LogP contribution in [-0.2, 0) is 31.4 Å². The van der Waals surface area contributed by atoms with Gasteiger partial charge in [-0.2, -0.15) is 5.10 Å². The number of pyridine rings is 1. The lowest BCUT2D eigenvalue weighted by Gasteiger charge is -2.22. The molecule has 4 aromatic heterocycles. The summed E-state index contributed by atoms with van der Waals surface area (Å²) in [7, 11) is 2.01. The molecule has 4 aromatic rings. The second-order valence-electron chi connectivity index (χ2n) is 10.9. The SMILES string of the molecule is CCn1c(CC(=O)N(C2CC2)C2CC2)cc2c3c(ncn3C)c(Nc3cc(C)n(CC(C)C)n3)nc21. The molecule has 0 unspecified atom stereocenters. The van der Waals surface area contributed by atoms with Gasteiger partial charge in [0.2, 0.25) is 5.91 Å². The summed E-state index contributed by atoms with van der Waals surface area (Å²) < 4.78 is 6.26. The minimum Gasteiger partial charge on any atom is -0.336 e. The number of amides is 1. The van der Waals surface area contributed by atoms with Crippen LogP contribution in [0.1, 0.15) is 57.8 Å². The predicted octanol–water partition coefficient (Wildman–Crippen LogP) is 4.54. The number of nitrogens with zero attached hydrogens (tertiary/aromatic N) is 7. The molecular formula is C27H36N8O. The number of anilines is 2. The quantitative estimate of drug-likeness (QED) is 0.374. The molecule has 0 aromatic carbocycles. The number of carbonyl (C=O) groups excluding carboxylic acids is 1. The first-order valence-electron chi connectivity index (χ1n) is 13.3. The highest BCUT2D eigenvalue weighted by Gasteiger charge is 2.42. The van der Waals surface area contributed by atoms with Crippen molar-refractivity contribution < 1.29 is 4.79 Å². The Bertz CT molecular complexity index is 1440. The highest BCUT2D eigenvalue weighted by Crippen LogP contribution is 2.38. The van der Waals surface area contributed by atoms with Gasteiger partial charge in [-0.3, -0.25) is 9.48 Å². The Morgan fingerprint density at radius 1 is 1.19 bits per heavy atom. The summed E-state index contributed by atoms with van der Waals surface area (Å²) in [6.07, 6.45) is 6.85. The Labute approximate surface area is 211 Å². The third kappa shape index (κ3) is 4.04. The minimum absolute atomic E-state index is 0.253. The van der Waals surface area contributed by atoms with Gasteiger partial charge in [-0.25, -0.2) is 9.97 Å². The molecule has 0 bridgehead atoms. The minimum atomic E-state index is 0.253. The summed E-state index contributed by atoms with van der Waals surface area (Å²) in [6, 6.07) is 5.12. The summed E-state index contributed by atoms with van der Waals surface area (Å²) in [5.74, 6) is 2.22. The monoisotopic (exact) mass is 488 g/mol. The molecule has 2 aliphatic rings. The first kappa shape index (κ1) is 23.1. The van der Waals surface area contributed by atoms with Gasteiger partial charge in [-0.05, 0) is 51.5 Å². The molecule has 0 radical (unpaired) electrons. The van der Waals surface area contributed by atoms with Crippen LogP contribution in [0.5, 0.6) is 0 Å². The van der Waals surface area contributed by atoms with E-state index < -0.39 is 0 Å². The second kappa shape index (κ2) is 8.64. The molecule has 9 nitrogen and oxygen atoms in total. The molecule has 0 atom stereocenters. The second-order valence-corrected chi connectivity index (χ2v) is 10.9. The number of hydrogen-bond acceptors (Lipinski definition) is 5. The number of aromatic nitrogens is 6. The van der Waals surface area contributed by atoms with Crippen molar-refractivity contribution in [1.82, 2.24) is 33.8 Å². The number of carbonyl (C=O) groups is 1. The van der Waals surface area contributed by atoms with Crippen LogP contribution in [0.15, 0.2) is 18.5 Å². The largest absolute Gasteiger partial charge is 0.336 e. The van der Waals surface area contributed by atoms with E-state index in [4.69, 9.17) is 10.1 Å². The van der Waals surface area contributed by atoms with E-state index in [1.807, 2.05) is 22.6 Å². The Balaban J connectivity index is 1.39. The molecule has 1 amide bonds. The molecule has 0 aliphatic heterocycles. The van der Waals surface area contributed by atoms with Crippen LogP contribution in [0.4, 0.5) is 11.6 Å². The lowest BCUT2D eigenvalue weighted by molar-refractivity contribution is -0.131. The van der Waals surface area contributed by atoms with E-state index in [9.17, 15) is 4.79 Å². The van der Waals surface area contributed by atoms with E-state index in [-0.39, 0.29) is 5.91 Å². The Kier molecular flexibility index (Phi) is 5.53. The normalized spacial score (nSPS) is 15.9. The van der Waals surface area contributed by atoms with Crippen LogP contribution >= 0.6 is 0 Å². The molecule has 1 N–H and O–H groups in total. The molecule has 6 rings (SSSR count). The van der Waals surface area contributed by atoms with Gasteiger partial charge in [0.15, 0.2) is 11.6 Å². The molecule has 2 saturated carbocycles. The van der Waals surface area contributed by atoms with Gasteiger partial charge in [0.25, 0.3) is 0 Å². The number of aryl methyl sites for hydroxylation is 3. The number of fused-ring (bicyclic) bond motifs is 3. The zero-order valence-corrected chi connectivity index (χ0v) is 22.0. The maximum absolute atomic E-state index is 13.4. The van der Waals surface area contributed by atoms with Crippen LogP contribution in [-0.4, -0.2) is 51.8 Å². The zero-order chi connectivity index (χ0) is 25.1. The lowest BCUT2D eigenvalue weighted by Crippen LogP contribution is -2.36. The topological polar surface area (TPSA) is 85.8 Å². The van der Waals surface area contributed by atoms with Crippen molar-refractivity contribution in [3.8, 4) is 0 Å². The summed E-state index contributed by atoms with van der Waals surface area (Å²) in [6.45, 7) is 10.2. The molecule has 4 heterocycles. The molecule has 36 heavy (non-hydrogen) atoms. The Morgan fingerprint density at radius 2 is 1.92 bits per heavy atom. The standard InChI is InChI=1S/C27H36N8O/c1-6-33-20(13-23(36)35(18-7-8-18)19-9-10-19)12-21-25-24(28-15-32(25)5)26(30-27(21)33)29-22-11-17(4)34(31-22)14-16(2)3/h11-12,15-16,18-19H,6-10,13-14H2,1-5H3,(H,29,30,31).